The molecule has 0 spiro atoms. The first-order valence-corrected chi connectivity index (χ1v) is 14.2. The van der Waals surface area contributed by atoms with Crippen molar-refractivity contribution in [1.29, 1.82) is 0 Å². The Labute approximate surface area is 236 Å². The maximum atomic E-state index is 5.77. The van der Waals surface area contributed by atoms with Gasteiger partial charge < -0.3 is 33.9 Å². The van der Waals surface area contributed by atoms with Gasteiger partial charge in [0.1, 0.15) is 17.3 Å². The number of morpholine rings is 1. The monoisotopic (exact) mass is 551 g/mol. The first kappa shape index (κ1) is 28.0. The van der Waals surface area contributed by atoms with E-state index in [1.807, 2.05) is 32.0 Å². The van der Waals surface area contributed by atoms with Crippen LogP contribution in [-0.2, 0) is 11.3 Å². The molecule has 0 amide bonds. The standard InChI is InChI=1S/C30H41N5O5/c1-5-39-23-15-21(16-24(17-23)40-6-2)20-34-9-7-22(8-10-34)31-30-32-26-19-28(37-4)27(36-3)18-25(26)29(33-30)35-11-13-38-14-12-35/h15-19,22H,5-14,20H2,1-4H3,(H,31,32,33). The third-order valence-electron chi connectivity index (χ3n) is 7.38. The topological polar surface area (TPSA) is 90.4 Å². The second-order valence-corrected chi connectivity index (χ2v) is 10.1. The van der Waals surface area contributed by atoms with Crippen molar-refractivity contribution < 1.29 is 23.7 Å². The number of nitrogens with one attached hydrogen (secondary N) is 1. The van der Waals surface area contributed by atoms with Crippen LogP contribution in [0.2, 0.25) is 0 Å². The Bertz CT molecular complexity index is 1250. The van der Waals surface area contributed by atoms with Crippen molar-refractivity contribution in [1.82, 2.24) is 14.9 Å². The number of benzene rings is 2. The lowest BCUT2D eigenvalue weighted by Gasteiger charge is -2.33. The SMILES string of the molecule is CCOc1cc(CN2CCC(Nc3nc(N4CCOCC4)c4cc(OC)c(OC)cc4n3)CC2)cc(OCC)c1. The van der Waals surface area contributed by atoms with Gasteiger partial charge in [-0.05, 0) is 50.5 Å². The number of fused-ring (bicyclic) bond motifs is 1. The van der Waals surface area contributed by atoms with Crippen LogP contribution in [0.3, 0.4) is 0 Å². The summed E-state index contributed by atoms with van der Waals surface area (Å²) >= 11 is 0. The summed E-state index contributed by atoms with van der Waals surface area (Å²) in [5.41, 5.74) is 2.03. The summed E-state index contributed by atoms with van der Waals surface area (Å²) in [7, 11) is 3.29. The lowest BCUT2D eigenvalue weighted by molar-refractivity contribution is 0.122. The van der Waals surface area contributed by atoms with Crippen LogP contribution in [0, 0.1) is 0 Å². The first-order chi connectivity index (χ1) is 19.6. The van der Waals surface area contributed by atoms with Crippen molar-refractivity contribution in [3.8, 4) is 23.0 Å². The minimum atomic E-state index is 0.292. The molecule has 2 aliphatic rings. The summed E-state index contributed by atoms with van der Waals surface area (Å²) < 4.78 is 28.3. The van der Waals surface area contributed by atoms with Gasteiger partial charge in [-0.3, -0.25) is 4.90 Å². The molecule has 0 radical (unpaired) electrons. The van der Waals surface area contributed by atoms with Crippen LogP contribution >= 0.6 is 0 Å². The van der Waals surface area contributed by atoms with Gasteiger partial charge in [0.15, 0.2) is 11.5 Å². The highest BCUT2D eigenvalue weighted by Crippen LogP contribution is 2.36. The fraction of sp³-hybridized carbons (Fsp3) is 0.533. The number of nitrogens with zero attached hydrogens (tertiary/aromatic N) is 4. The number of likely N-dealkylation sites (tertiary alicyclic amines) is 1. The van der Waals surface area contributed by atoms with Crippen LogP contribution < -0.4 is 29.2 Å². The zero-order chi connectivity index (χ0) is 27.9. The highest BCUT2D eigenvalue weighted by atomic mass is 16.5. The Kier molecular flexibility index (Phi) is 9.28. The van der Waals surface area contributed by atoms with E-state index >= 15 is 0 Å². The van der Waals surface area contributed by atoms with E-state index in [-0.39, 0.29) is 0 Å². The molecule has 0 atom stereocenters. The van der Waals surface area contributed by atoms with Crippen molar-refractivity contribution in [2.45, 2.75) is 39.3 Å². The lowest BCUT2D eigenvalue weighted by Crippen LogP contribution is -2.39. The molecule has 2 aromatic carbocycles. The van der Waals surface area contributed by atoms with Gasteiger partial charge in [0, 0.05) is 56.3 Å². The minimum absolute atomic E-state index is 0.292. The molecule has 40 heavy (non-hydrogen) atoms. The molecule has 3 heterocycles. The molecule has 5 rings (SSSR count). The molecule has 0 aliphatic carbocycles. The number of aromatic nitrogens is 2. The predicted octanol–water partition coefficient (Wildman–Crippen LogP) is 4.36. The Morgan fingerprint density at radius 1 is 0.850 bits per heavy atom. The van der Waals surface area contributed by atoms with E-state index in [9.17, 15) is 0 Å². The van der Waals surface area contributed by atoms with E-state index < -0.39 is 0 Å². The molecule has 2 saturated heterocycles. The number of hydrogen-bond acceptors (Lipinski definition) is 10. The van der Waals surface area contributed by atoms with Crippen LogP contribution in [0.5, 0.6) is 23.0 Å². The fourth-order valence-corrected chi connectivity index (χ4v) is 5.42. The van der Waals surface area contributed by atoms with Crippen LogP contribution in [-0.4, -0.2) is 87.7 Å². The summed E-state index contributed by atoms with van der Waals surface area (Å²) in [5.74, 6) is 4.58. The van der Waals surface area contributed by atoms with Crippen molar-refractivity contribution in [3.63, 3.8) is 0 Å². The highest BCUT2D eigenvalue weighted by molar-refractivity contribution is 5.93. The molecule has 2 fully saturated rings. The Hall–Kier alpha value is -3.50. The van der Waals surface area contributed by atoms with E-state index in [2.05, 4.69) is 27.2 Å². The highest BCUT2D eigenvalue weighted by Gasteiger charge is 2.23. The maximum Gasteiger partial charge on any atom is 0.225 e. The predicted molar refractivity (Wildman–Crippen MR) is 156 cm³/mol. The molecule has 10 nitrogen and oxygen atoms in total. The number of rotatable bonds is 11. The molecule has 0 unspecified atom stereocenters. The normalized spacial score (nSPS) is 16.6. The Morgan fingerprint density at radius 3 is 2.12 bits per heavy atom. The maximum absolute atomic E-state index is 5.77. The van der Waals surface area contributed by atoms with Gasteiger partial charge in [-0.2, -0.15) is 4.98 Å². The molecule has 0 saturated carbocycles. The molecule has 1 aromatic heterocycles. The molecule has 10 heteroatoms. The van der Waals surface area contributed by atoms with Gasteiger partial charge in [0.2, 0.25) is 5.95 Å². The van der Waals surface area contributed by atoms with Crippen LogP contribution in [0.15, 0.2) is 30.3 Å². The number of piperidine rings is 1. The van der Waals surface area contributed by atoms with Crippen molar-refractivity contribution >= 4 is 22.7 Å². The average Bonchev–Trinajstić information content (AvgIpc) is 2.98. The van der Waals surface area contributed by atoms with Gasteiger partial charge >= 0.3 is 0 Å². The van der Waals surface area contributed by atoms with Crippen LogP contribution in [0.1, 0.15) is 32.3 Å². The third-order valence-corrected chi connectivity index (χ3v) is 7.38. The van der Waals surface area contributed by atoms with Gasteiger partial charge in [-0.15, -0.1) is 0 Å². The van der Waals surface area contributed by atoms with E-state index in [1.165, 1.54) is 5.56 Å². The Balaban J connectivity index is 1.29. The second-order valence-electron chi connectivity index (χ2n) is 10.1. The number of methoxy groups -OCH3 is 2. The fourth-order valence-electron chi connectivity index (χ4n) is 5.42. The number of anilines is 2. The molecule has 0 bridgehead atoms. The largest absolute Gasteiger partial charge is 0.494 e. The molecule has 2 aliphatic heterocycles. The average molecular weight is 552 g/mol. The molecule has 3 aromatic rings. The lowest BCUT2D eigenvalue weighted by atomic mass is 10.0. The van der Waals surface area contributed by atoms with E-state index in [0.717, 1.165) is 73.8 Å². The summed E-state index contributed by atoms with van der Waals surface area (Å²) in [5, 5.41) is 4.58. The molecule has 1 N–H and O–H groups in total. The molecular formula is C30H41N5O5. The zero-order valence-electron chi connectivity index (χ0n) is 24.1. The van der Waals surface area contributed by atoms with Gasteiger partial charge in [0.25, 0.3) is 0 Å². The molecular weight excluding hydrogens is 510 g/mol. The van der Waals surface area contributed by atoms with E-state index in [4.69, 9.17) is 33.7 Å². The van der Waals surface area contributed by atoms with Crippen LogP contribution in [0.25, 0.3) is 10.9 Å². The second kappa shape index (κ2) is 13.2. The van der Waals surface area contributed by atoms with Gasteiger partial charge in [-0.1, -0.05) is 0 Å². The van der Waals surface area contributed by atoms with Crippen molar-refractivity contribution in [3.05, 3.63) is 35.9 Å². The molecule has 216 valence electrons. The smallest absolute Gasteiger partial charge is 0.225 e. The summed E-state index contributed by atoms with van der Waals surface area (Å²) in [6.45, 7) is 11.0. The summed E-state index contributed by atoms with van der Waals surface area (Å²) in [6, 6.07) is 10.4. The number of hydrogen-bond donors (Lipinski definition) is 1. The number of ether oxygens (including phenoxy) is 5. The quantitative estimate of drug-likeness (QED) is 0.371. The van der Waals surface area contributed by atoms with Crippen molar-refractivity contribution in [2.75, 3.05) is 77.0 Å². The van der Waals surface area contributed by atoms with E-state index in [1.54, 1.807) is 14.2 Å². The van der Waals surface area contributed by atoms with Crippen molar-refractivity contribution in [2.24, 2.45) is 0 Å². The van der Waals surface area contributed by atoms with Gasteiger partial charge in [-0.25, -0.2) is 4.98 Å². The van der Waals surface area contributed by atoms with E-state index in [0.29, 0.717) is 49.9 Å². The van der Waals surface area contributed by atoms with Crippen LogP contribution in [0.4, 0.5) is 11.8 Å². The third kappa shape index (κ3) is 6.62. The Morgan fingerprint density at radius 2 is 1.50 bits per heavy atom. The summed E-state index contributed by atoms with van der Waals surface area (Å²) in [6.07, 6.45) is 2.01. The summed E-state index contributed by atoms with van der Waals surface area (Å²) in [4.78, 5) is 14.6. The zero-order valence-corrected chi connectivity index (χ0v) is 24.1. The first-order valence-electron chi connectivity index (χ1n) is 14.2. The van der Waals surface area contributed by atoms with Gasteiger partial charge in [0.05, 0.1) is 46.2 Å². The minimum Gasteiger partial charge on any atom is -0.494 e.